The number of hydrogen-bond acceptors (Lipinski definition) is 5. The monoisotopic (exact) mass is 291 g/mol. The van der Waals surface area contributed by atoms with Crippen LogP contribution in [0.3, 0.4) is 0 Å². The number of hydrogen-bond donors (Lipinski definition) is 3. The van der Waals surface area contributed by atoms with Crippen LogP contribution in [0.1, 0.15) is 5.56 Å². The molecule has 0 radical (unpaired) electrons. The molecule has 3 rings (SSSR count). The SMILES string of the molecule is Cc1cccc(Nc2cc(Nc3cccc(N)c3)ncn2)c1. The highest BCUT2D eigenvalue weighted by atomic mass is 15.1. The first-order valence-corrected chi connectivity index (χ1v) is 6.97. The minimum atomic E-state index is 0.704. The first-order valence-electron chi connectivity index (χ1n) is 6.97. The number of nitrogens with two attached hydrogens (primary N) is 1. The largest absolute Gasteiger partial charge is 0.399 e. The van der Waals surface area contributed by atoms with Crippen LogP contribution >= 0.6 is 0 Å². The van der Waals surface area contributed by atoms with Crippen LogP contribution in [0.5, 0.6) is 0 Å². The molecule has 3 aromatic rings. The first kappa shape index (κ1) is 13.9. The molecule has 22 heavy (non-hydrogen) atoms. The Balaban J connectivity index is 1.78. The van der Waals surface area contributed by atoms with Gasteiger partial charge in [-0.3, -0.25) is 0 Å². The Kier molecular flexibility index (Phi) is 3.87. The summed E-state index contributed by atoms with van der Waals surface area (Å²) in [5.74, 6) is 1.43. The van der Waals surface area contributed by atoms with Gasteiger partial charge < -0.3 is 16.4 Å². The third-order valence-electron chi connectivity index (χ3n) is 3.12. The molecule has 0 atom stereocenters. The van der Waals surface area contributed by atoms with Crippen molar-refractivity contribution in [3.8, 4) is 0 Å². The summed E-state index contributed by atoms with van der Waals surface area (Å²) < 4.78 is 0. The Morgan fingerprint density at radius 3 is 2.09 bits per heavy atom. The van der Waals surface area contributed by atoms with E-state index in [2.05, 4.69) is 39.7 Å². The molecule has 5 nitrogen and oxygen atoms in total. The molecule has 0 fully saturated rings. The second-order valence-electron chi connectivity index (χ2n) is 5.03. The van der Waals surface area contributed by atoms with Crippen LogP contribution in [0.15, 0.2) is 60.9 Å². The molecular formula is C17H17N5. The standard InChI is InChI=1S/C17H17N5/c1-12-4-2-6-14(8-12)21-16-10-17(20-11-19-16)22-15-7-3-5-13(18)9-15/h2-11H,18H2,1H3,(H2,19,20,21,22). The van der Waals surface area contributed by atoms with E-state index in [-0.39, 0.29) is 0 Å². The highest BCUT2D eigenvalue weighted by Crippen LogP contribution is 2.20. The number of nitrogen functional groups attached to an aromatic ring is 1. The summed E-state index contributed by atoms with van der Waals surface area (Å²) >= 11 is 0. The van der Waals surface area contributed by atoms with Gasteiger partial charge in [0.2, 0.25) is 0 Å². The van der Waals surface area contributed by atoms with Crippen LogP contribution in [0.25, 0.3) is 0 Å². The third-order valence-corrected chi connectivity index (χ3v) is 3.12. The number of aryl methyl sites for hydroxylation is 1. The second-order valence-corrected chi connectivity index (χ2v) is 5.03. The Morgan fingerprint density at radius 1 is 0.818 bits per heavy atom. The molecule has 0 saturated carbocycles. The van der Waals surface area contributed by atoms with Crippen molar-refractivity contribution in [3.05, 3.63) is 66.5 Å². The van der Waals surface area contributed by atoms with Crippen molar-refractivity contribution in [3.63, 3.8) is 0 Å². The molecule has 0 spiro atoms. The molecule has 4 N–H and O–H groups in total. The van der Waals surface area contributed by atoms with Crippen molar-refractivity contribution in [2.24, 2.45) is 0 Å². The summed E-state index contributed by atoms with van der Waals surface area (Å²) in [5, 5.41) is 6.48. The Hall–Kier alpha value is -3.08. The Bertz CT molecular complexity index is 723. The highest BCUT2D eigenvalue weighted by molar-refractivity contribution is 5.65. The van der Waals surface area contributed by atoms with E-state index in [1.807, 2.05) is 42.5 Å². The normalized spacial score (nSPS) is 10.2. The van der Waals surface area contributed by atoms with Crippen molar-refractivity contribution < 1.29 is 0 Å². The van der Waals surface area contributed by atoms with E-state index in [1.165, 1.54) is 11.9 Å². The average molecular weight is 291 g/mol. The van der Waals surface area contributed by atoms with Gasteiger partial charge in [0.05, 0.1) is 0 Å². The fraction of sp³-hybridized carbons (Fsp3) is 0.0588. The molecule has 110 valence electrons. The maximum Gasteiger partial charge on any atom is 0.135 e. The van der Waals surface area contributed by atoms with E-state index < -0.39 is 0 Å². The van der Waals surface area contributed by atoms with Gasteiger partial charge in [0.15, 0.2) is 0 Å². The van der Waals surface area contributed by atoms with Crippen molar-refractivity contribution in [1.82, 2.24) is 9.97 Å². The average Bonchev–Trinajstić information content (AvgIpc) is 2.47. The Morgan fingerprint density at radius 2 is 1.45 bits per heavy atom. The number of nitrogens with one attached hydrogen (secondary N) is 2. The molecule has 0 aliphatic carbocycles. The van der Waals surface area contributed by atoms with Gasteiger partial charge in [0, 0.05) is 23.1 Å². The fourth-order valence-corrected chi connectivity index (χ4v) is 2.13. The highest BCUT2D eigenvalue weighted by Gasteiger charge is 2.01. The zero-order valence-electron chi connectivity index (χ0n) is 12.2. The number of aromatic nitrogens is 2. The molecule has 0 aliphatic heterocycles. The zero-order chi connectivity index (χ0) is 15.4. The van der Waals surface area contributed by atoms with E-state index in [0.717, 1.165) is 17.2 Å². The van der Waals surface area contributed by atoms with Gasteiger partial charge in [-0.25, -0.2) is 9.97 Å². The van der Waals surface area contributed by atoms with Crippen LogP contribution in [-0.4, -0.2) is 9.97 Å². The number of benzene rings is 2. The van der Waals surface area contributed by atoms with Gasteiger partial charge in [-0.15, -0.1) is 0 Å². The second kappa shape index (κ2) is 6.13. The van der Waals surface area contributed by atoms with E-state index in [1.54, 1.807) is 0 Å². The van der Waals surface area contributed by atoms with E-state index in [4.69, 9.17) is 5.73 Å². The van der Waals surface area contributed by atoms with Crippen LogP contribution in [0, 0.1) is 6.92 Å². The van der Waals surface area contributed by atoms with Gasteiger partial charge in [0.25, 0.3) is 0 Å². The number of nitrogens with zero attached hydrogens (tertiary/aromatic N) is 2. The topological polar surface area (TPSA) is 75.9 Å². The number of rotatable bonds is 4. The van der Waals surface area contributed by atoms with E-state index >= 15 is 0 Å². The van der Waals surface area contributed by atoms with Crippen molar-refractivity contribution in [2.75, 3.05) is 16.4 Å². The lowest BCUT2D eigenvalue weighted by molar-refractivity contribution is 1.17. The summed E-state index contributed by atoms with van der Waals surface area (Å²) in [5.41, 5.74) is 9.55. The molecule has 1 heterocycles. The summed E-state index contributed by atoms with van der Waals surface area (Å²) in [4.78, 5) is 8.46. The maximum atomic E-state index is 5.77. The zero-order valence-corrected chi connectivity index (χ0v) is 12.2. The van der Waals surface area contributed by atoms with Gasteiger partial charge >= 0.3 is 0 Å². The summed E-state index contributed by atoms with van der Waals surface area (Å²) in [6, 6.07) is 17.5. The molecular weight excluding hydrogens is 274 g/mol. The van der Waals surface area contributed by atoms with Gasteiger partial charge in [-0.05, 0) is 42.8 Å². The predicted octanol–water partition coefficient (Wildman–Crippen LogP) is 3.85. The molecule has 1 aromatic heterocycles. The lowest BCUT2D eigenvalue weighted by Crippen LogP contribution is -1.99. The molecule has 5 heteroatoms. The van der Waals surface area contributed by atoms with Crippen LogP contribution in [0.2, 0.25) is 0 Å². The van der Waals surface area contributed by atoms with Gasteiger partial charge in [0.1, 0.15) is 18.0 Å². The van der Waals surface area contributed by atoms with E-state index in [0.29, 0.717) is 11.5 Å². The molecule has 0 unspecified atom stereocenters. The fourth-order valence-electron chi connectivity index (χ4n) is 2.13. The molecule has 0 aliphatic rings. The Labute approximate surface area is 129 Å². The van der Waals surface area contributed by atoms with Gasteiger partial charge in [-0.1, -0.05) is 18.2 Å². The van der Waals surface area contributed by atoms with Crippen LogP contribution < -0.4 is 16.4 Å². The molecule has 2 aromatic carbocycles. The lowest BCUT2D eigenvalue weighted by Gasteiger charge is -2.09. The molecule has 0 amide bonds. The third kappa shape index (κ3) is 3.52. The molecule has 0 bridgehead atoms. The lowest BCUT2D eigenvalue weighted by atomic mass is 10.2. The van der Waals surface area contributed by atoms with Crippen molar-refractivity contribution in [1.29, 1.82) is 0 Å². The summed E-state index contributed by atoms with van der Waals surface area (Å²) in [7, 11) is 0. The summed E-state index contributed by atoms with van der Waals surface area (Å²) in [6.07, 6.45) is 1.52. The van der Waals surface area contributed by atoms with E-state index in [9.17, 15) is 0 Å². The van der Waals surface area contributed by atoms with Gasteiger partial charge in [-0.2, -0.15) is 0 Å². The van der Waals surface area contributed by atoms with Crippen molar-refractivity contribution in [2.45, 2.75) is 6.92 Å². The maximum absolute atomic E-state index is 5.77. The van der Waals surface area contributed by atoms with Crippen molar-refractivity contribution >= 4 is 28.7 Å². The quantitative estimate of drug-likeness (QED) is 0.636. The van der Waals surface area contributed by atoms with Crippen LogP contribution in [0.4, 0.5) is 28.7 Å². The van der Waals surface area contributed by atoms with Crippen LogP contribution in [-0.2, 0) is 0 Å². The first-order chi connectivity index (χ1) is 10.7. The number of anilines is 5. The summed E-state index contributed by atoms with van der Waals surface area (Å²) in [6.45, 7) is 2.05. The minimum absolute atomic E-state index is 0.704. The minimum Gasteiger partial charge on any atom is -0.399 e. The predicted molar refractivity (Wildman–Crippen MR) is 90.6 cm³/mol. The molecule has 0 saturated heterocycles. The smallest absolute Gasteiger partial charge is 0.135 e.